The first-order chi connectivity index (χ1) is 9.92. The molecular weight excluding hydrogens is 242 g/mol. The van der Waals surface area contributed by atoms with E-state index in [1.807, 2.05) is 0 Å². The van der Waals surface area contributed by atoms with Crippen LogP contribution in [0.1, 0.15) is 55.6 Å². The molecule has 1 unspecified atom stereocenters. The Labute approximate surface area is 123 Å². The largest absolute Gasteiger partial charge is 0.316 e. The molecule has 1 aromatic rings. The third-order valence-electron chi connectivity index (χ3n) is 5.72. The second-order valence-corrected chi connectivity index (χ2v) is 7.28. The predicted octanol–water partition coefficient (Wildman–Crippen LogP) is 4.13. The minimum atomic E-state index is 0.763. The molecule has 2 saturated carbocycles. The van der Waals surface area contributed by atoms with E-state index < -0.39 is 0 Å². The molecule has 0 spiro atoms. The SMILES string of the molecule is c1ccc2c(c1)CCCC2CNCC(C1CC1)C1CC1. The number of hydrogen-bond acceptors (Lipinski definition) is 1. The molecule has 108 valence electrons. The maximum absolute atomic E-state index is 3.84. The minimum Gasteiger partial charge on any atom is -0.316 e. The fraction of sp³-hybridized carbons (Fsp3) is 0.684. The molecule has 0 heterocycles. The second-order valence-electron chi connectivity index (χ2n) is 7.28. The zero-order valence-corrected chi connectivity index (χ0v) is 12.5. The van der Waals surface area contributed by atoms with Crippen LogP contribution in [0.15, 0.2) is 24.3 Å². The van der Waals surface area contributed by atoms with Crippen molar-refractivity contribution in [3.8, 4) is 0 Å². The van der Waals surface area contributed by atoms with Crippen LogP contribution in [0.2, 0.25) is 0 Å². The first-order valence-corrected chi connectivity index (χ1v) is 8.70. The van der Waals surface area contributed by atoms with Gasteiger partial charge in [0.05, 0.1) is 0 Å². The van der Waals surface area contributed by atoms with Gasteiger partial charge in [-0.3, -0.25) is 0 Å². The monoisotopic (exact) mass is 269 g/mol. The Hall–Kier alpha value is -0.820. The van der Waals surface area contributed by atoms with Crippen molar-refractivity contribution in [2.75, 3.05) is 13.1 Å². The molecule has 1 aromatic carbocycles. The highest BCUT2D eigenvalue weighted by molar-refractivity contribution is 5.32. The lowest BCUT2D eigenvalue weighted by Gasteiger charge is -2.27. The van der Waals surface area contributed by atoms with E-state index in [9.17, 15) is 0 Å². The van der Waals surface area contributed by atoms with E-state index in [0.29, 0.717) is 0 Å². The molecule has 0 amide bonds. The third-order valence-corrected chi connectivity index (χ3v) is 5.72. The van der Waals surface area contributed by atoms with Crippen molar-refractivity contribution >= 4 is 0 Å². The first kappa shape index (κ1) is 12.9. The highest BCUT2D eigenvalue weighted by Crippen LogP contribution is 2.48. The van der Waals surface area contributed by atoms with Gasteiger partial charge in [0.15, 0.2) is 0 Å². The Kier molecular flexibility index (Phi) is 3.56. The summed E-state index contributed by atoms with van der Waals surface area (Å²) in [5, 5.41) is 3.84. The molecule has 2 fully saturated rings. The van der Waals surface area contributed by atoms with Crippen molar-refractivity contribution in [3.05, 3.63) is 35.4 Å². The Morgan fingerprint density at radius 3 is 2.50 bits per heavy atom. The highest BCUT2D eigenvalue weighted by atomic mass is 14.9. The molecule has 1 N–H and O–H groups in total. The van der Waals surface area contributed by atoms with Crippen molar-refractivity contribution < 1.29 is 0 Å². The average Bonchev–Trinajstić information content (AvgIpc) is 3.38. The van der Waals surface area contributed by atoms with E-state index in [1.165, 1.54) is 58.0 Å². The molecule has 0 radical (unpaired) electrons. The van der Waals surface area contributed by atoms with Crippen LogP contribution < -0.4 is 5.32 Å². The van der Waals surface area contributed by atoms with Crippen LogP contribution in [0.3, 0.4) is 0 Å². The molecule has 0 aromatic heterocycles. The summed E-state index contributed by atoms with van der Waals surface area (Å²) in [6.07, 6.45) is 10.1. The zero-order valence-electron chi connectivity index (χ0n) is 12.5. The third kappa shape index (κ3) is 2.79. The molecule has 3 aliphatic carbocycles. The van der Waals surface area contributed by atoms with Crippen LogP contribution in [0.4, 0.5) is 0 Å². The molecule has 0 saturated heterocycles. The fourth-order valence-corrected chi connectivity index (χ4v) is 4.26. The number of aryl methyl sites for hydroxylation is 1. The number of nitrogens with one attached hydrogen (secondary N) is 1. The van der Waals surface area contributed by atoms with E-state index in [4.69, 9.17) is 0 Å². The summed E-state index contributed by atoms with van der Waals surface area (Å²) in [5.41, 5.74) is 3.23. The van der Waals surface area contributed by atoms with Crippen LogP contribution in [-0.4, -0.2) is 13.1 Å². The van der Waals surface area contributed by atoms with Crippen molar-refractivity contribution in [1.29, 1.82) is 0 Å². The van der Waals surface area contributed by atoms with Crippen LogP contribution in [0.5, 0.6) is 0 Å². The Bertz CT molecular complexity index is 447. The molecule has 3 aliphatic rings. The molecule has 1 heteroatoms. The van der Waals surface area contributed by atoms with Gasteiger partial charge < -0.3 is 5.32 Å². The van der Waals surface area contributed by atoms with Gasteiger partial charge in [0, 0.05) is 6.54 Å². The van der Waals surface area contributed by atoms with E-state index in [-0.39, 0.29) is 0 Å². The van der Waals surface area contributed by atoms with Gasteiger partial charge in [-0.25, -0.2) is 0 Å². The normalized spacial score (nSPS) is 25.8. The zero-order chi connectivity index (χ0) is 13.4. The topological polar surface area (TPSA) is 12.0 Å². The number of hydrogen-bond donors (Lipinski definition) is 1. The van der Waals surface area contributed by atoms with E-state index in [0.717, 1.165) is 23.7 Å². The quantitative estimate of drug-likeness (QED) is 0.818. The van der Waals surface area contributed by atoms with Crippen molar-refractivity contribution in [2.24, 2.45) is 17.8 Å². The van der Waals surface area contributed by atoms with E-state index >= 15 is 0 Å². The van der Waals surface area contributed by atoms with Crippen molar-refractivity contribution in [3.63, 3.8) is 0 Å². The standard InChI is InChI=1S/C19H27N/c1-2-7-18-14(4-1)5-3-6-17(18)12-20-13-19(15-8-9-15)16-10-11-16/h1-2,4,7,15-17,19-20H,3,5-6,8-13H2. The summed E-state index contributed by atoms with van der Waals surface area (Å²) in [6.45, 7) is 2.49. The number of benzene rings is 1. The predicted molar refractivity (Wildman–Crippen MR) is 83.9 cm³/mol. The van der Waals surface area contributed by atoms with E-state index in [1.54, 1.807) is 11.1 Å². The van der Waals surface area contributed by atoms with Gasteiger partial charge in [0.2, 0.25) is 0 Å². The van der Waals surface area contributed by atoms with E-state index in [2.05, 4.69) is 29.6 Å². The summed E-state index contributed by atoms with van der Waals surface area (Å²) in [7, 11) is 0. The Morgan fingerprint density at radius 1 is 1.00 bits per heavy atom. The van der Waals surface area contributed by atoms with Gasteiger partial charge in [-0.05, 0) is 86.3 Å². The van der Waals surface area contributed by atoms with Crippen LogP contribution in [0, 0.1) is 17.8 Å². The van der Waals surface area contributed by atoms with Gasteiger partial charge in [-0.2, -0.15) is 0 Å². The molecule has 0 bridgehead atoms. The molecular formula is C19H27N. The Balaban J connectivity index is 1.33. The van der Waals surface area contributed by atoms with Gasteiger partial charge in [-0.15, -0.1) is 0 Å². The molecule has 1 atom stereocenters. The summed E-state index contributed by atoms with van der Waals surface area (Å²) in [5.74, 6) is 3.93. The molecule has 1 nitrogen and oxygen atoms in total. The summed E-state index contributed by atoms with van der Waals surface area (Å²) < 4.78 is 0. The average molecular weight is 269 g/mol. The lowest BCUT2D eigenvalue weighted by atomic mass is 9.83. The van der Waals surface area contributed by atoms with Crippen LogP contribution in [0.25, 0.3) is 0 Å². The minimum absolute atomic E-state index is 0.763. The highest BCUT2D eigenvalue weighted by Gasteiger charge is 2.40. The summed E-state index contributed by atoms with van der Waals surface area (Å²) in [6, 6.07) is 9.11. The second kappa shape index (κ2) is 5.52. The van der Waals surface area contributed by atoms with Gasteiger partial charge in [0.1, 0.15) is 0 Å². The molecule has 0 aliphatic heterocycles. The van der Waals surface area contributed by atoms with Crippen molar-refractivity contribution in [2.45, 2.75) is 50.9 Å². The molecule has 4 rings (SSSR count). The molecule has 20 heavy (non-hydrogen) atoms. The maximum Gasteiger partial charge on any atom is 0.00203 e. The lowest BCUT2D eigenvalue weighted by molar-refractivity contribution is 0.368. The smallest absolute Gasteiger partial charge is 0.00203 e. The van der Waals surface area contributed by atoms with Crippen molar-refractivity contribution in [1.82, 2.24) is 5.32 Å². The maximum atomic E-state index is 3.84. The van der Waals surface area contributed by atoms with Gasteiger partial charge >= 0.3 is 0 Å². The number of fused-ring (bicyclic) bond motifs is 1. The fourth-order valence-electron chi connectivity index (χ4n) is 4.26. The summed E-state index contributed by atoms with van der Waals surface area (Å²) >= 11 is 0. The lowest BCUT2D eigenvalue weighted by Crippen LogP contribution is -2.30. The Morgan fingerprint density at radius 2 is 1.75 bits per heavy atom. The van der Waals surface area contributed by atoms with Crippen LogP contribution in [-0.2, 0) is 6.42 Å². The summed E-state index contributed by atoms with van der Waals surface area (Å²) in [4.78, 5) is 0. The van der Waals surface area contributed by atoms with Crippen LogP contribution >= 0.6 is 0 Å². The van der Waals surface area contributed by atoms with Gasteiger partial charge in [-0.1, -0.05) is 24.3 Å². The first-order valence-electron chi connectivity index (χ1n) is 8.70. The number of rotatable bonds is 6. The van der Waals surface area contributed by atoms with Gasteiger partial charge in [0.25, 0.3) is 0 Å².